The minimum atomic E-state index is -0.0579. The highest BCUT2D eigenvalue weighted by atomic mass is 16.3. The first-order valence-electron chi connectivity index (χ1n) is 3.29. The summed E-state index contributed by atoms with van der Waals surface area (Å²) in [5.41, 5.74) is 0.499. The lowest BCUT2D eigenvalue weighted by Crippen LogP contribution is -1.91. The molecule has 1 N–H and O–H groups in total. The number of ketones is 1. The molecule has 0 saturated heterocycles. The van der Waals surface area contributed by atoms with Crippen LogP contribution in [0.15, 0.2) is 36.1 Å². The van der Waals surface area contributed by atoms with Gasteiger partial charge in [0.25, 0.3) is 0 Å². The van der Waals surface area contributed by atoms with Crippen LogP contribution in [0.1, 0.15) is 13.8 Å². The Hall–Kier alpha value is -1.31. The Kier molecular flexibility index (Phi) is 3.96. The maximum Gasteiger partial charge on any atom is 0.159 e. The van der Waals surface area contributed by atoms with Crippen molar-refractivity contribution in [3.05, 3.63) is 36.1 Å². The van der Waals surface area contributed by atoms with Crippen LogP contribution in [0.25, 0.3) is 0 Å². The highest BCUT2D eigenvalue weighted by molar-refractivity contribution is 5.96. The molecule has 60 valence electrons. The fourth-order valence-corrected chi connectivity index (χ4v) is 0.540. The average molecular weight is 152 g/mol. The lowest BCUT2D eigenvalue weighted by atomic mass is 10.1. The lowest BCUT2D eigenvalue weighted by Gasteiger charge is -1.91. The molecule has 0 aliphatic heterocycles. The first kappa shape index (κ1) is 9.69. The third-order valence-corrected chi connectivity index (χ3v) is 1.13. The maximum absolute atomic E-state index is 10.7. The van der Waals surface area contributed by atoms with Gasteiger partial charge < -0.3 is 5.11 Å². The Morgan fingerprint density at radius 2 is 1.91 bits per heavy atom. The molecule has 2 heteroatoms. The van der Waals surface area contributed by atoms with Crippen molar-refractivity contribution in [3.8, 4) is 0 Å². The van der Waals surface area contributed by atoms with E-state index in [1.165, 1.54) is 32.1 Å². The number of hydrogen-bond acceptors (Lipinski definition) is 2. The summed E-state index contributed by atoms with van der Waals surface area (Å²) in [5.74, 6) is 0.114. The molecule has 0 aromatic carbocycles. The van der Waals surface area contributed by atoms with E-state index in [0.29, 0.717) is 5.57 Å². The minimum Gasteiger partial charge on any atom is -0.513 e. The van der Waals surface area contributed by atoms with Gasteiger partial charge in [0, 0.05) is 5.57 Å². The predicted molar refractivity (Wildman–Crippen MR) is 45.3 cm³/mol. The van der Waals surface area contributed by atoms with Crippen molar-refractivity contribution in [2.45, 2.75) is 13.8 Å². The summed E-state index contributed by atoms with van der Waals surface area (Å²) >= 11 is 0. The first-order chi connectivity index (χ1) is 5.07. The molecule has 2 nitrogen and oxygen atoms in total. The molecule has 0 saturated carbocycles. The Morgan fingerprint density at radius 1 is 1.36 bits per heavy atom. The Labute approximate surface area is 66.5 Å². The van der Waals surface area contributed by atoms with Gasteiger partial charge in [-0.3, -0.25) is 4.79 Å². The molecule has 0 radical (unpaired) electrons. The van der Waals surface area contributed by atoms with Crippen LogP contribution in [0.5, 0.6) is 0 Å². The predicted octanol–water partition coefficient (Wildman–Crippen LogP) is 2.15. The topological polar surface area (TPSA) is 37.3 Å². The van der Waals surface area contributed by atoms with Crippen molar-refractivity contribution < 1.29 is 9.90 Å². The largest absolute Gasteiger partial charge is 0.513 e. The summed E-state index contributed by atoms with van der Waals surface area (Å²) in [6, 6.07) is 0. The molecule has 0 spiro atoms. The average Bonchev–Trinajstić information content (AvgIpc) is 1.87. The van der Waals surface area contributed by atoms with E-state index in [1.807, 2.05) is 0 Å². The number of Topliss-reactive ketones (excluding diaryl/α,β-unsaturated/α-hetero) is 1. The van der Waals surface area contributed by atoms with Crippen molar-refractivity contribution in [1.82, 2.24) is 0 Å². The van der Waals surface area contributed by atoms with E-state index in [0.717, 1.165) is 0 Å². The zero-order valence-electron chi connectivity index (χ0n) is 6.79. The summed E-state index contributed by atoms with van der Waals surface area (Å²) < 4.78 is 0. The number of allylic oxidation sites excluding steroid dienone is 5. The van der Waals surface area contributed by atoms with Gasteiger partial charge in [-0.25, -0.2) is 0 Å². The van der Waals surface area contributed by atoms with Crippen LogP contribution < -0.4 is 0 Å². The Balaban J connectivity index is 4.50. The second-order valence-corrected chi connectivity index (χ2v) is 2.19. The van der Waals surface area contributed by atoms with Crippen molar-refractivity contribution >= 4 is 5.78 Å². The molecule has 0 unspecified atom stereocenters. The Bertz CT molecular complexity index is 218. The van der Waals surface area contributed by atoms with E-state index in [-0.39, 0.29) is 11.5 Å². The minimum absolute atomic E-state index is 0.0579. The van der Waals surface area contributed by atoms with Crippen LogP contribution in [-0.2, 0) is 4.79 Å². The van der Waals surface area contributed by atoms with E-state index in [4.69, 9.17) is 5.11 Å². The van der Waals surface area contributed by atoms with Gasteiger partial charge in [0.2, 0.25) is 0 Å². The van der Waals surface area contributed by atoms with Crippen molar-refractivity contribution in [2.24, 2.45) is 0 Å². The van der Waals surface area contributed by atoms with Crippen LogP contribution in [0.4, 0.5) is 0 Å². The number of carbonyl (C=O) groups excluding carboxylic acids is 1. The molecule has 0 atom stereocenters. The van der Waals surface area contributed by atoms with Crippen LogP contribution in [0.2, 0.25) is 0 Å². The second-order valence-electron chi connectivity index (χ2n) is 2.19. The standard InChI is InChI=1S/C9H12O2/c1-4-9(8(3)11)6-5-7(2)10/h4-6,10H,1H2,2-3H3/b7-5+,9-6+. The summed E-state index contributed by atoms with van der Waals surface area (Å²) in [7, 11) is 0. The number of rotatable bonds is 3. The van der Waals surface area contributed by atoms with Crippen molar-refractivity contribution in [3.63, 3.8) is 0 Å². The molecule has 0 aromatic heterocycles. The van der Waals surface area contributed by atoms with Gasteiger partial charge in [0.05, 0.1) is 5.76 Å². The fraction of sp³-hybridized carbons (Fsp3) is 0.222. The van der Waals surface area contributed by atoms with Crippen LogP contribution in [-0.4, -0.2) is 10.9 Å². The number of hydrogen-bond donors (Lipinski definition) is 1. The van der Waals surface area contributed by atoms with E-state index < -0.39 is 0 Å². The van der Waals surface area contributed by atoms with Gasteiger partial charge in [-0.2, -0.15) is 0 Å². The molecular formula is C9H12O2. The zero-order chi connectivity index (χ0) is 8.85. The normalized spacial score (nSPS) is 12.9. The van der Waals surface area contributed by atoms with Gasteiger partial charge in [-0.1, -0.05) is 12.7 Å². The third-order valence-electron chi connectivity index (χ3n) is 1.13. The summed E-state index contributed by atoms with van der Waals surface area (Å²) in [4.78, 5) is 10.7. The van der Waals surface area contributed by atoms with Gasteiger partial charge >= 0.3 is 0 Å². The van der Waals surface area contributed by atoms with Gasteiger partial charge in [-0.05, 0) is 26.0 Å². The quantitative estimate of drug-likeness (QED) is 0.382. The highest BCUT2D eigenvalue weighted by Gasteiger charge is 1.94. The molecule has 0 aromatic rings. The molecule has 0 fully saturated rings. The lowest BCUT2D eigenvalue weighted by molar-refractivity contribution is -0.113. The molecular weight excluding hydrogens is 140 g/mol. The molecule has 0 aliphatic carbocycles. The maximum atomic E-state index is 10.7. The van der Waals surface area contributed by atoms with Crippen LogP contribution in [0, 0.1) is 0 Å². The molecule has 0 bridgehead atoms. The smallest absolute Gasteiger partial charge is 0.159 e. The zero-order valence-corrected chi connectivity index (χ0v) is 6.79. The second kappa shape index (κ2) is 4.50. The SMILES string of the molecule is C=C/C(=C\C=C(/C)O)C(C)=O. The van der Waals surface area contributed by atoms with E-state index >= 15 is 0 Å². The molecule has 11 heavy (non-hydrogen) atoms. The third kappa shape index (κ3) is 4.14. The highest BCUT2D eigenvalue weighted by Crippen LogP contribution is 1.98. The summed E-state index contributed by atoms with van der Waals surface area (Å²) in [5, 5.41) is 8.75. The van der Waals surface area contributed by atoms with Crippen molar-refractivity contribution in [1.29, 1.82) is 0 Å². The van der Waals surface area contributed by atoms with E-state index in [1.54, 1.807) is 0 Å². The van der Waals surface area contributed by atoms with Crippen LogP contribution in [0.3, 0.4) is 0 Å². The van der Waals surface area contributed by atoms with Crippen LogP contribution >= 0.6 is 0 Å². The molecule has 0 heterocycles. The molecule has 0 amide bonds. The summed E-state index contributed by atoms with van der Waals surface area (Å²) in [6.45, 7) is 6.45. The Morgan fingerprint density at radius 3 is 2.18 bits per heavy atom. The summed E-state index contributed by atoms with van der Waals surface area (Å²) in [6.07, 6.45) is 4.45. The monoisotopic (exact) mass is 152 g/mol. The fourth-order valence-electron chi connectivity index (χ4n) is 0.540. The van der Waals surface area contributed by atoms with E-state index in [9.17, 15) is 4.79 Å². The van der Waals surface area contributed by atoms with Gasteiger partial charge in [-0.15, -0.1) is 0 Å². The van der Waals surface area contributed by atoms with E-state index in [2.05, 4.69) is 6.58 Å². The molecule has 0 aliphatic rings. The van der Waals surface area contributed by atoms with Gasteiger partial charge in [0.15, 0.2) is 5.78 Å². The van der Waals surface area contributed by atoms with Gasteiger partial charge in [0.1, 0.15) is 0 Å². The first-order valence-corrected chi connectivity index (χ1v) is 3.29. The molecule has 0 rings (SSSR count). The number of aliphatic hydroxyl groups is 1. The number of carbonyl (C=O) groups is 1. The van der Waals surface area contributed by atoms with Crippen molar-refractivity contribution in [2.75, 3.05) is 0 Å². The number of aliphatic hydroxyl groups excluding tert-OH is 1.